The van der Waals surface area contributed by atoms with Crippen LogP contribution in [-0.4, -0.2) is 44.6 Å². The first-order valence-corrected chi connectivity index (χ1v) is 10.7. The Kier molecular flexibility index (Phi) is 6.25. The van der Waals surface area contributed by atoms with Crippen LogP contribution in [0, 0.1) is 0 Å². The number of hydrogen-bond acceptors (Lipinski definition) is 7. The molecule has 0 saturated carbocycles. The molecular weight excluding hydrogens is 425 g/mol. The SMILES string of the molecule is Nc1ncnn2c(C3OC(COCc4ccccc4)C(OCc4ccccc4)C3F)cnc12. The second-order valence-electron chi connectivity index (χ2n) is 7.87. The zero-order valence-electron chi connectivity index (χ0n) is 17.8. The molecule has 1 saturated heterocycles. The highest BCUT2D eigenvalue weighted by Crippen LogP contribution is 2.38. The summed E-state index contributed by atoms with van der Waals surface area (Å²) in [6, 6.07) is 19.4. The molecule has 5 rings (SSSR count). The highest BCUT2D eigenvalue weighted by molar-refractivity contribution is 5.58. The topological polar surface area (TPSA) is 96.8 Å². The van der Waals surface area contributed by atoms with Crippen molar-refractivity contribution in [2.75, 3.05) is 12.3 Å². The molecule has 0 aliphatic carbocycles. The molecule has 2 aromatic carbocycles. The monoisotopic (exact) mass is 449 g/mol. The first-order valence-electron chi connectivity index (χ1n) is 10.7. The van der Waals surface area contributed by atoms with Crippen LogP contribution in [0.2, 0.25) is 0 Å². The van der Waals surface area contributed by atoms with Gasteiger partial charge in [0.1, 0.15) is 24.6 Å². The van der Waals surface area contributed by atoms with Gasteiger partial charge in [0.2, 0.25) is 0 Å². The fraction of sp³-hybridized carbons (Fsp3) is 0.292. The summed E-state index contributed by atoms with van der Waals surface area (Å²) in [7, 11) is 0. The van der Waals surface area contributed by atoms with Gasteiger partial charge in [-0.15, -0.1) is 0 Å². The van der Waals surface area contributed by atoms with E-state index >= 15 is 4.39 Å². The normalized spacial score (nSPS) is 22.7. The van der Waals surface area contributed by atoms with Crippen molar-refractivity contribution in [1.29, 1.82) is 0 Å². The summed E-state index contributed by atoms with van der Waals surface area (Å²) in [6.45, 7) is 0.839. The van der Waals surface area contributed by atoms with E-state index in [9.17, 15) is 0 Å². The van der Waals surface area contributed by atoms with Gasteiger partial charge in [-0.05, 0) is 11.1 Å². The van der Waals surface area contributed by atoms with E-state index in [0.717, 1.165) is 11.1 Å². The molecule has 2 N–H and O–H groups in total. The molecule has 33 heavy (non-hydrogen) atoms. The maximum atomic E-state index is 15.7. The van der Waals surface area contributed by atoms with Crippen molar-refractivity contribution in [3.8, 4) is 0 Å². The fourth-order valence-electron chi connectivity index (χ4n) is 3.96. The van der Waals surface area contributed by atoms with E-state index < -0.39 is 24.5 Å². The molecular formula is C24H24FN5O3. The maximum Gasteiger partial charge on any atom is 0.196 e. The summed E-state index contributed by atoms with van der Waals surface area (Å²) in [6.07, 6.45) is -0.994. The fourth-order valence-corrected chi connectivity index (χ4v) is 3.96. The van der Waals surface area contributed by atoms with Crippen molar-refractivity contribution in [2.45, 2.75) is 37.7 Å². The van der Waals surface area contributed by atoms with Crippen molar-refractivity contribution in [1.82, 2.24) is 19.6 Å². The van der Waals surface area contributed by atoms with Crippen LogP contribution in [-0.2, 0) is 27.4 Å². The van der Waals surface area contributed by atoms with Gasteiger partial charge >= 0.3 is 0 Å². The Labute approximate surface area is 190 Å². The third kappa shape index (κ3) is 4.56. The smallest absolute Gasteiger partial charge is 0.196 e. The van der Waals surface area contributed by atoms with Crippen molar-refractivity contribution >= 4 is 11.5 Å². The number of fused-ring (bicyclic) bond motifs is 1. The first kappa shape index (κ1) is 21.4. The lowest BCUT2D eigenvalue weighted by atomic mass is 10.1. The minimum Gasteiger partial charge on any atom is -0.381 e. The Bertz CT molecular complexity index is 1190. The third-order valence-electron chi connectivity index (χ3n) is 5.62. The minimum atomic E-state index is -1.45. The van der Waals surface area contributed by atoms with Crippen LogP contribution in [0.3, 0.4) is 0 Å². The zero-order valence-corrected chi connectivity index (χ0v) is 17.8. The molecule has 1 fully saturated rings. The quantitative estimate of drug-likeness (QED) is 0.441. The van der Waals surface area contributed by atoms with Gasteiger partial charge in [0.05, 0.1) is 31.7 Å². The molecule has 0 bridgehead atoms. The van der Waals surface area contributed by atoms with E-state index in [-0.39, 0.29) is 19.0 Å². The highest BCUT2D eigenvalue weighted by atomic mass is 19.1. The van der Waals surface area contributed by atoms with Gasteiger partial charge in [0.15, 0.2) is 17.6 Å². The van der Waals surface area contributed by atoms with Crippen molar-refractivity contribution < 1.29 is 18.6 Å². The molecule has 170 valence electrons. The van der Waals surface area contributed by atoms with Gasteiger partial charge < -0.3 is 19.9 Å². The van der Waals surface area contributed by atoms with Crippen LogP contribution in [0.15, 0.2) is 73.2 Å². The van der Waals surface area contributed by atoms with Gasteiger partial charge in [0.25, 0.3) is 0 Å². The number of alkyl halides is 1. The molecule has 8 nitrogen and oxygen atoms in total. The predicted octanol–water partition coefficient (Wildman–Crippen LogP) is 3.29. The third-order valence-corrected chi connectivity index (χ3v) is 5.62. The van der Waals surface area contributed by atoms with Gasteiger partial charge in [-0.1, -0.05) is 60.7 Å². The summed E-state index contributed by atoms with van der Waals surface area (Å²) in [4.78, 5) is 8.17. The summed E-state index contributed by atoms with van der Waals surface area (Å²) < 4.78 is 35.2. The molecule has 0 amide bonds. The maximum absolute atomic E-state index is 15.7. The largest absolute Gasteiger partial charge is 0.381 e. The Balaban J connectivity index is 1.35. The van der Waals surface area contributed by atoms with Crippen LogP contribution >= 0.6 is 0 Å². The number of halogens is 1. The Morgan fingerprint density at radius 1 is 0.970 bits per heavy atom. The van der Waals surface area contributed by atoms with Gasteiger partial charge in [0, 0.05) is 0 Å². The molecule has 0 spiro atoms. The summed E-state index contributed by atoms with van der Waals surface area (Å²) in [5.74, 6) is 0.212. The van der Waals surface area contributed by atoms with Crippen LogP contribution in [0.5, 0.6) is 0 Å². The lowest BCUT2D eigenvalue weighted by Gasteiger charge is -2.20. The predicted molar refractivity (Wildman–Crippen MR) is 119 cm³/mol. The standard InChI is InChI=1S/C24H24FN5O3/c25-20-21(18-11-27-24-23(26)28-15-29-30(18)24)33-19(14-31-12-16-7-3-1-4-8-16)22(20)32-13-17-9-5-2-6-10-17/h1-11,15,19-22H,12-14H2,(H2,26,28,29). The summed E-state index contributed by atoms with van der Waals surface area (Å²) >= 11 is 0. The minimum absolute atomic E-state index is 0.180. The lowest BCUT2D eigenvalue weighted by molar-refractivity contribution is -0.0742. The molecule has 1 aliphatic heterocycles. The Morgan fingerprint density at radius 3 is 2.39 bits per heavy atom. The molecule has 4 atom stereocenters. The second-order valence-corrected chi connectivity index (χ2v) is 7.87. The lowest BCUT2D eigenvalue weighted by Crippen LogP contribution is -2.34. The number of anilines is 1. The number of nitrogens with two attached hydrogens (primary N) is 1. The number of hydrogen-bond donors (Lipinski definition) is 1. The van der Waals surface area contributed by atoms with E-state index in [0.29, 0.717) is 17.9 Å². The van der Waals surface area contributed by atoms with Crippen LogP contribution < -0.4 is 5.73 Å². The van der Waals surface area contributed by atoms with Crippen molar-refractivity contribution in [3.63, 3.8) is 0 Å². The van der Waals surface area contributed by atoms with Crippen molar-refractivity contribution in [2.24, 2.45) is 0 Å². The zero-order chi connectivity index (χ0) is 22.6. The number of nitrogens with zero attached hydrogens (tertiary/aromatic N) is 4. The van der Waals surface area contributed by atoms with E-state index in [1.807, 2.05) is 60.7 Å². The van der Waals surface area contributed by atoms with E-state index in [2.05, 4.69) is 15.1 Å². The number of nitrogen functional groups attached to an aromatic ring is 1. The van der Waals surface area contributed by atoms with Gasteiger partial charge in [-0.3, -0.25) is 0 Å². The number of imidazole rings is 1. The average molecular weight is 449 g/mol. The molecule has 4 unspecified atom stereocenters. The van der Waals surface area contributed by atoms with Crippen LogP contribution in [0.25, 0.3) is 5.65 Å². The van der Waals surface area contributed by atoms with Gasteiger partial charge in [-0.25, -0.2) is 18.9 Å². The summed E-state index contributed by atoms with van der Waals surface area (Å²) in [5.41, 5.74) is 8.66. The number of aromatic nitrogens is 4. The van der Waals surface area contributed by atoms with Crippen LogP contribution in [0.1, 0.15) is 22.9 Å². The summed E-state index contributed by atoms with van der Waals surface area (Å²) in [5, 5.41) is 4.17. The molecule has 4 aromatic rings. The van der Waals surface area contributed by atoms with E-state index in [1.165, 1.54) is 17.0 Å². The highest BCUT2D eigenvalue weighted by Gasteiger charge is 2.48. The molecule has 3 heterocycles. The average Bonchev–Trinajstić information content (AvgIpc) is 3.41. The molecule has 0 radical (unpaired) electrons. The Morgan fingerprint density at radius 2 is 1.67 bits per heavy atom. The van der Waals surface area contributed by atoms with Gasteiger partial charge in [-0.2, -0.15) is 5.10 Å². The van der Waals surface area contributed by atoms with E-state index in [1.54, 1.807) is 0 Å². The first-order chi connectivity index (χ1) is 16.2. The molecule has 2 aromatic heterocycles. The molecule has 1 aliphatic rings. The van der Waals surface area contributed by atoms with Crippen molar-refractivity contribution in [3.05, 3.63) is 90.0 Å². The Hall–Kier alpha value is -3.40. The van der Waals surface area contributed by atoms with E-state index in [4.69, 9.17) is 19.9 Å². The molecule has 9 heteroatoms. The number of benzene rings is 2. The number of ether oxygens (including phenoxy) is 3. The second kappa shape index (κ2) is 9.62. The van der Waals surface area contributed by atoms with Crippen LogP contribution in [0.4, 0.5) is 10.2 Å². The number of rotatable bonds is 8.